The summed E-state index contributed by atoms with van der Waals surface area (Å²) in [5, 5.41) is 0. The first-order valence-electron chi connectivity index (χ1n) is 6.86. The van der Waals surface area contributed by atoms with E-state index >= 15 is 0 Å². The molecule has 0 aliphatic rings. The molecule has 2 N–H and O–H groups in total. The number of hydrogen-bond donors (Lipinski definition) is 1. The smallest absolute Gasteiger partial charge is 0.373 e. The first-order valence-corrected chi connectivity index (χ1v) is 6.86. The van der Waals surface area contributed by atoms with E-state index in [0.29, 0.717) is 13.1 Å². The molecule has 0 saturated carbocycles. The van der Waals surface area contributed by atoms with Gasteiger partial charge in [-0.3, -0.25) is 4.90 Å². The van der Waals surface area contributed by atoms with E-state index in [9.17, 15) is 4.79 Å². The van der Waals surface area contributed by atoms with Gasteiger partial charge in [-0.2, -0.15) is 0 Å². The number of ether oxygens (including phenoxy) is 1. The molecule has 0 radical (unpaired) electrons. The molecule has 0 aliphatic heterocycles. The molecule has 0 amide bonds. The van der Waals surface area contributed by atoms with Gasteiger partial charge in [-0.1, -0.05) is 30.3 Å². The van der Waals surface area contributed by atoms with Gasteiger partial charge < -0.3 is 14.9 Å². The van der Waals surface area contributed by atoms with Crippen LogP contribution in [-0.4, -0.2) is 31.1 Å². The summed E-state index contributed by atoms with van der Waals surface area (Å²) in [7, 11) is 1.33. The van der Waals surface area contributed by atoms with Crippen molar-refractivity contribution in [1.82, 2.24) is 4.90 Å². The second-order valence-corrected chi connectivity index (χ2v) is 4.74. The molecule has 0 fully saturated rings. The van der Waals surface area contributed by atoms with E-state index in [4.69, 9.17) is 10.2 Å². The lowest BCUT2D eigenvalue weighted by molar-refractivity contribution is 0.0561. The summed E-state index contributed by atoms with van der Waals surface area (Å²) < 4.78 is 10.1. The fourth-order valence-corrected chi connectivity index (χ4v) is 2.13. The van der Waals surface area contributed by atoms with Crippen LogP contribution in [0, 0.1) is 0 Å². The van der Waals surface area contributed by atoms with Crippen LogP contribution in [0.5, 0.6) is 0 Å². The second kappa shape index (κ2) is 9.25. The van der Waals surface area contributed by atoms with Crippen LogP contribution in [0.2, 0.25) is 0 Å². The third kappa shape index (κ3) is 5.18. The van der Waals surface area contributed by atoms with Crippen LogP contribution < -0.4 is 5.73 Å². The summed E-state index contributed by atoms with van der Waals surface area (Å²) >= 11 is 0. The lowest BCUT2D eigenvalue weighted by atomic mass is 10.2. The van der Waals surface area contributed by atoms with Crippen LogP contribution in [0.4, 0.5) is 0 Å². The Morgan fingerprint density at radius 1 is 1.18 bits per heavy atom. The Kier molecular flexibility index (Phi) is 7.66. The van der Waals surface area contributed by atoms with E-state index in [0.717, 1.165) is 18.8 Å². The minimum atomic E-state index is -0.463. The van der Waals surface area contributed by atoms with Crippen LogP contribution in [0.1, 0.15) is 21.9 Å². The fourth-order valence-electron chi connectivity index (χ4n) is 2.13. The predicted molar refractivity (Wildman–Crippen MR) is 86.9 cm³/mol. The van der Waals surface area contributed by atoms with E-state index in [1.807, 2.05) is 18.2 Å². The maximum Gasteiger partial charge on any atom is 0.373 e. The standard InChI is InChI=1S/C16H20N2O3.ClH/c1-20-16(19)15-8-7-14(21-15)12-18(10-9-17)11-13-5-3-2-4-6-13;/h2-8H,9-12,17H2,1H3;1H. The molecule has 0 spiro atoms. The van der Waals surface area contributed by atoms with E-state index in [2.05, 4.69) is 21.8 Å². The highest BCUT2D eigenvalue weighted by molar-refractivity contribution is 5.86. The minimum Gasteiger partial charge on any atom is -0.463 e. The molecule has 6 heteroatoms. The number of esters is 1. The van der Waals surface area contributed by atoms with Gasteiger partial charge in [-0.05, 0) is 17.7 Å². The largest absolute Gasteiger partial charge is 0.463 e. The highest BCUT2D eigenvalue weighted by Crippen LogP contribution is 2.13. The van der Waals surface area contributed by atoms with E-state index in [1.54, 1.807) is 12.1 Å². The molecule has 0 aliphatic carbocycles. The number of halogens is 1. The monoisotopic (exact) mass is 324 g/mol. The summed E-state index contributed by atoms with van der Waals surface area (Å²) in [4.78, 5) is 13.6. The highest BCUT2D eigenvalue weighted by Gasteiger charge is 2.13. The van der Waals surface area contributed by atoms with Crippen LogP contribution in [0.15, 0.2) is 46.9 Å². The quantitative estimate of drug-likeness (QED) is 0.792. The third-order valence-electron chi connectivity index (χ3n) is 3.12. The molecule has 22 heavy (non-hydrogen) atoms. The van der Waals surface area contributed by atoms with Crippen molar-refractivity contribution in [1.29, 1.82) is 0 Å². The van der Waals surface area contributed by atoms with Crippen molar-refractivity contribution in [2.24, 2.45) is 5.73 Å². The first kappa shape index (κ1) is 18.2. The summed E-state index contributed by atoms with van der Waals surface area (Å²) in [5.41, 5.74) is 6.88. The van der Waals surface area contributed by atoms with Gasteiger partial charge in [0.2, 0.25) is 5.76 Å². The molecule has 5 nitrogen and oxygen atoms in total. The highest BCUT2D eigenvalue weighted by atomic mass is 35.5. The molecule has 0 atom stereocenters. The number of benzene rings is 1. The molecule has 0 bridgehead atoms. The molecule has 0 unspecified atom stereocenters. The number of nitrogens with two attached hydrogens (primary N) is 1. The van der Waals surface area contributed by atoms with Gasteiger partial charge in [0.15, 0.2) is 0 Å². The van der Waals surface area contributed by atoms with Gasteiger partial charge >= 0.3 is 5.97 Å². The van der Waals surface area contributed by atoms with Gasteiger partial charge in [0.05, 0.1) is 13.7 Å². The molecular formula is C16H21ClN2O3. The van der Waals surface area contributed by atoms with Crippen LogP contribution in [-0.2, 0) is 17.8 Å². The summed E-state index contributed by atoms with van der Waals surface area (Å²) in [6.45, 7) is 2.70. The van der Waals surface area contributed by atoms with Gasteiger partial charge in [-0.15, -0.1) is 12.4 Å². The molecule has 1 aromatic heterocycles. The number of nitrogens with zero attached hydrogens (tertiary/aromatic N) is 1. The van der Waals surface area contributed by atoms with E-state index < -0.39 is 5.97 Å². The number of furan rings is 1. The zero-order valence-electron chi connectivity index (χ0n) is 12.5. The average molecular weight is 325 g/mol. The first-order chi connectivity index (χ1) is 10.2. The second-order valence-electron chi connectivity index (χ2n) is 4.74. The van der Waals surface area contributed by atoms with Crippen molar-refractivity contribution >= 4 is 18.4 Å². The number of carbonyl (C=O) groups is 1. The third-order valence-corrected chi connectivity index (χ3v) is 3.12. The van der Waals surface area contributed by atoms with Gasteiger partial charge in [0, 0.05) is 19.6 Å². The van der Waals surface area contributed by atoms with Crippen molar-refractivity contribution in [3.05, 3.63) is 59.5 Å². The molecule has 1 aromatic carbocycles. The fraction of sp³-hybridized carbons (Fsp3) is 0.312. The Hall–Kier alpha value is -1.82. The maximum atomic E-state index is 11.4. The van der Waals surface area contributed by atoms with E-state index in [1.165, 1.54) is 12.7 Å². The zero-order valence-corrected chi connectivity index (χ0v) is 13.3. The molecular weight excluding hydrogens is 304 g/mol. The Balaban J connectivity index is 0.00000242. The van der Waals surface area contributed by atoms with Crippen molar-refractivity contribution in [3.8, 4) is 0 Å². The number of hydrogen-bond acceptors (Lipinski definition) is 5. The summed E-state index contributed by atoms with van der Waals surface area (Å²) in [5.74, 6) is 0.481. The zero-order chi connectivity index (χ0) is 15.1. The Labute approximate surface area is 136 Å². The van der Waals surface area contributed by atoms with Crippen LogP contribution in [0.3, 0.4) is 0 Å². The number of carbonyl (C=O) groups excluding carboxylic acids is 1. The minimum absolute atomic E-state index is 0. The van der Waals surface area contributed by atoms with E-state index in [-0.39, 0.29) is 18.2 Å². The van der Waals surface area contributed by atoms with Crippen molar-refractivity contribution in [2.75, 3.05) is 20.2 Å². The summed E-state index contributed by atoms with van der Waals surface area (Å²) in [6, 6.07) is 13.6. The number of methoxy groups -OCH3 is 1. The molecule has 2 aromatic rings. The average Bonchev–Trinajstić information content (AvgIpc) is 2.96. The topological polar surface area (TPSA) is 68.7 Å². The van der Waals surface area contributed by atoms with Gasteiger partial charge in [-0.25, -0.2) is 4.79 Å². The van der Waals surface area contributed by atoms with Gasteiger partial charge in [0.1, 0.15) is 5.76 Å². The molecule has 0 saturated heterocycles. The molecule has 2 rings (SSSR count). The maximum absolute atomic E-state index is 11.4. The molecule has 120 valence electrons. The summed E-state index contributed by atoms with van der Waals surface area (Å²) in [6.07, 6.45) is 0. The van der Waals surface area contributed by atoms with Crippen molar-refractivity contribution in [2.45, 2.75) is 13.1 Å². The van der Waals surface area contributed by atoms with Crippen molar-refractivity contribution in [3.63, 3.8) is 0 Å². The van der Waals surface area contributed by atoms with Crippen LogP contribution >= 0.6 is 12.4 Å². The lowest BCUT2D eigenvalue weighted by Gasteiger charge is -2.20. The lowest BCUT2D eigenvalue weighted by Crippen LogP contribution is -2.28. The SMILES string of the molecule is COC(=O)c1ccc(CN(CCN)Cc2ccccc2)o1.Cl. The predicted octanol–water partition coefficient (Wildman–Crippen LogP) is 2.45. The van der Waals surface area contributed by atoms with Crippen molar-refractivity contribution < 1.29 is 13.9 Å². The Bertz CT molecular complexity index is 572. The number of rotatable bonds is 7. The van der Waals surface area contributed by atoms with Crippen LogP contribution in [0.25, 0.3) is 0 Å². The Morgan fingerprint density at radius 3 is 2.55 bits per heavy atom. The Morgan fingerprint density at radius 2 is 1.91 bits per heavy atom. The van der Waals surface area contributed by atoms with Gasteiger partial charge in [0.25, 0.3) is 0 Å². The molecule has 1 heterocycles. The normalized spacial score (nSPS) is 10.3.